The van der Waals surface area contributed by atoms with E-state index in [1.54, 1.807) is 0 Å². The topological polar surface area (TPSA) is 85.5 Å². The van der Waals surface area contributed by atoms with Crippen molar-refractivity contribution in [3.63, 3.8) is 0 Å². The lowest BCUT2D eigenvalue weighted by Crippen LogP contribution is -2.04. The van der Waals surface area contributed by atoms with E-state index < -0.39 is 0 Å². The molecule has 0 amide bonds. The van der Waals surface area contributed by atoms with Crippen LogP contribution < -0.4 is 0 Å². The van der Waals surface area contributed by atoms with Gasteiger partial charge in [-0.1, -0.05) is 164 Å². The first-order chi connectivity index (χ1) is 32.2. The number of rotatable bonds is 6. The molecule has 4 aromatic heterocycles. The summed E-state index contributed by atoms with van der Waals surface area (Å²) < 4.78 is 11.7. The molecule has 0 aliphatic carbocycles. The smallest absolute Gasteiger partial charge is 0.169 e. The van der Waals surface area contributed by atoms with Gasteiger partial charge in [0.05, 0.1) is 44.3 Å². The quantitative estimate of drug-likeness (QED) is 0.167. The Labute approximate surface area is 372 Å². The van der Waals surface area contributed by atoms with E-state index in [1.165, 1.54) is 0 Å². The van der Waals surface area contributed by atoms with Crippen molar-refractivity contribution in [3.8, 4) is 62.7 Å². The van der Waals surface area contributed by atoms with Crippen molar-refractivity contribution in [1.82, 2.24) is 24.1 Å². The number of furan rings is 1. The lowest BCUT2D eigenvalue weighted by molar-refractivity contribution is 0.669. The summed E-state index contributed by atoms with van der Waals surface area (Å²) in [4.78, 5) is 15.2. The maximum Gasteiger partial charge on any atom is 0.169 e. The van der Waals surface area contributed by atoms with E-state index in [0.29, 0.717) is 39.8 Å². The third-order valence-electron chi connectivity index (χ3n) is 12.6. The zero-order valence-electron chi connectivity index (χ0n) is 34.7. The Hall–Kier alpha value is -9.12. The Morgan fingerprint density at radius 3 is 1.60 bits per heavy atom. The van der Waals surface area contributed by atoms with Gasteiger partial charge in [0.2, 0.25) is 0 Å². The molecule has 0 radical (unpaired) electrons. The molecule has 0 atom stereocenters. The van der Waals surface area contributed by atoms with E-state index in [2.05, 4.69) is 137 Å². The first-order valence-corrected chi connectivity index (χ1v) is 21.6. The fraction of sp³-hybridized carbons (Fsp3) is 0. The Bertz CT molecular complexity index is 3990. The van der Waals surface area contributed by atoms with E-state index in [1.807, 2.05) is 84.9 Å². The van der Waals surface area contributed by atoms with Crippen LogP contribution in [0, 0.1) is 11.3 Å². The summed E-state index contributed by atoms with van der Waals surface area (Å²) in [5.74, 6) is 1.35. The average Bonchev–Trinajstić information content (AvgIpc) is 4.05. The third-order valence-corrected chi connectivity index (χ3v) is 12.6. The van der Waals surface area contributed by atoms with Gasteiger partial charge in [-0.15, -0.1) is 0 Å². The van der Waals surface area contributed by atoms with Gasteiger partial charge >= 0.3 is 0 Å². The zero-order chi connectivity index (χ0) is 43.0. The molecule has 0 saturated carbocycles. The second kappa shape index (κ2) is 14.5. The molecule has 0 bridgehead atoms. The van der Waals surface area contributed by atoms with E-state index in [4.69, 9.17) is 19.4 Å². The normalized spacial score (nSPS) is 11.7. The van der Waals surface area contributed by atoms with Crippen LogP contribution in [0.1, 0.15) is 5.56 Å². The Kier molecular flexibility index (Phi) is 8.14. The van der Waals surface area contributed by atoms with Gasteiger partial charge in [0, 0.05) is 43.7 Å². The predicted molar refractivity (Wildman–Crippen MR) is 262 cm³/mol. The number of nitrogens with zero attached hydrogens (tertiary/aromatic N) is 6. The molecule has 0 aliphatic rings. The summed E-state index contributed by atoms with van der Waals surface area (Å²) in [5, 5.41) is 17.6. The van der Waals surface area contributed by atoms with Gasteiger partial charge < -0.3 is 13.6 Å². The monoisotopic (exact) mass is 830 g/mol. The molecule has 9 aromatic carbocycles. The van der Waals surface area contributed by atoms with Crippen LogP contribution in [0.15, 0.2) is 211 Å². The van der Waals surface area contributed by atoms with Crippen LogP contribution in [0.2, 0.25) is 0 Å². The molecule has 13 aromatic rings. The van der Waals surface area contributed by atoms with Crippen LogP contribution in [-0.2, 0) is 0 Å². The van der Waals surface area contributed by atoms with Crippen molar-refractivity contribution in [3.05, 3.63) is 212 Å². The highest BCUT2D eigenvalue weighted by Gasteiger charge is 2.29. The number of hydrogen-bond acceptors (Lipinski definition) is 5. The van der Waals surface area contributed by atoms with Gasteiger partial charge in [0.25, 0.3) is 0 Å². The largest absolute Gasteiger partial charge is 0.455 e. The number of aromatic nitrogens is 5. The van der Waals surface area contributed by atoms with E-state index in [0.717, 1.165) is 88.0 Å². The molecule has 0 fully saturated rings. The van der Waals surface area contributed by atoms with Gasteiger partial charge in [0.1, 0.15) is 17.2 Å². The second-order valence-electron chi connectivity index (χ2n) is 16.2. The number of benzene rings is 9. The average molecular weight is 831 g/mol. The molecular formula is C58H34N6O. The van der Waals surface area contributed by atoms with Crippen LogP contribution in [0.4, 0.5) is 0 Å². The van der Waals surface area contributed by atoms with Crippen LogP contribution in [0.5, 0.6) is 0 Å². The number of hydrogen-bond donors (Lipinski definition) is 0. The standard InChI is InChI=1S/C58H34N6O/c59-35-39-33-48(52-43-29-15-18-32-49(43)65-55(52)50(39)58-61-56(37-21-7-2-8-22-37)60-57(62-58)38-23-9-3-10-24-38)64-46-30-16-13-27-41(46)45-34-44(36-19-5-1-6-20-36)51-42-28-14-17-31-47(42)63(54(51)53(45)64)40-25-11-4-12-26-40/h1-34H. The summed E-state index contributed by atoms with van der Waals surface area (Å²) in [6.07, 6.45) is 0. The van der Waals surface area contributed by atoms with Crippen LogP contribution in [-0.4, -0.2) is 24.1 Å². The molecule has 4 heterocycles. The summed E-state index contributed by atoms with van der Waals surface area (Å²) in [5.41, 5.74) is 12.1. The molecule has 13 rings (SSSR count). The fourth-order valence-electron chi connectivity index (χ4n) is 9.82. The number of para-hydroxylation sites is 4. The van der Waals surface area contributed by atoms with Crippen molar-refractivity contribution in [1.29, 1.82) is 5.26 Å². The lowest BCUT2D eigenvalue weighted by atomic mass is 9.96. The maximum absolute atomic E-state index is 11.4. The van der Waals surface area contributed by atoms with Crippen molar-refractivity contribution in [2.45, 2.75) is 0 Å². The minimum Gasteiger partial charge on any atom is -0.455 e. The first-order valence-electron chi connectivity index (χ1n) is 21.6. The molecule has 302 valence electrons. The van der Waals surface area contributed by atoms with Gasteiger partial charge in [0.15, 0.2) is 17.5 Å². The van der Waals surface area contributed by atoms with Crippen molar-refractivity contribution in [2.24, 2.45) is 0 Å². The molecule has 65 heavy (non-hydrogen) atoms. The van der Waals surface area contributed by atoms with Gasteiger partial charge in [-0.25, -0.2) is 15.0 Å². The minimum absolute atomic E-state index is 0.353. The summed E-state index contributed by atoms with van der Waals surface area (Å²) >= 11 is 0. The summed E-state index contributed by atoms with van der Waals surface area (Å²) in [6, 6.07) is 73.3. The van der Waals surface area contributed by atoms with E-state index in [-0.39, 0.29) is 0 Å². The maximum atomic E-state index is 11.4. The predicted octanol–water partition coefficient (Wildman–Crippen LogP) is 14.5. The van der Waals surface area contributed by atoms with Gasteiger partial charge in [-0.2, -0.15) is 5.26 Å². The molecule has 7 nitrogen and oxygen atoms in total. The number of fused-ring (bicyclic) bond motifs is 10. The SMILES string of the molecule is N#Cc1cc(-n2c3ccccc3c3cc(-c4ccccc4)c4c5ccccc5n(-c5ccccc5)c4c32)c2c(oc3ccccc32)c1-c1nc(-c2ccccc2)nc(-c2ccccc2)n1. The van der Waals surface area contributed by atoms with Crippen molar-refractivity contribution < 1.29 is 4.42 Å². The van der Waals surface area contributed by atoms with Crippen molar-refractivity contribution >= 4 is 65.6 Å². The first kappa shape index (κ1) is 36.5. The highest BCUT2D eigenvalue weighted by Crippen LogP contribution is 2.49. The highest BCUT2D eigenvalue weighted by atomic mass is 16.3. The zero-order valence-corrected chi connectivity index (χ0v) is 34.7. The fourth-order valence-corrected chi connectivity index (χ4v) is 9.82. The molecule has 0 aliphatic heterocycles. The van der Waals surface area contributed by atoms with Gasteiger partial charge in [-0.3, -0.25) is 0 Å². The Morgan fingerprint density at radius 1 is 0.431 bits per heavy atom. The van der Waals surface area contributed by atoms with Crippen LogP contribution in [0.25, 0.3) is 122 Å². The second-order valence-corrected chi connectivity index (χ2v) is 16.2. The molecule has 0 saturated heterocycles. The molecular weight excluding hydrogens is 797 g/mol. The Morgan fingerprint density at radius 2 is 0.954 bits per heavy atom. The van der Waals surface area contributed by atoms with Crippen LogP contribution in [0.3, 0.4) is 0 Å². The van der Waals surface area contributed by atoms with E-state index >= 15 is 0 Å². The highest BCUT2D eigenvalue weighted by molar-refractivity contribution is 6.29. The molecule has 0 spiro atoms. The summed E-state index contributed by atoms with van der Waals surface area (Å²) in [6.45, 7) is 0. The Balaban J connectivity index is 1.22. The number of nitriles is 1. The van der Waals surface area contributed by atoms with Crippen molar-refractivity contribution in [2.75, 3.05) is 0 Å². The van der Waals surface area contributed by atoms with E-state index in [9.17, 15) is 5.26 Å². The minimum atomic E-state index is 0.353. The molecule has 0 N–H and O–H groups in total. The van der Waals surface area contributed by atoms with Crippen LogP contribution >= 0.6 is 0 Å². The third kappa shape index (κ3) is 5.58. The lowest BCUT2D eigenvalue weighted by Gasteiger charge is -2.16. The molecule has 7 heteroatoms. The molecule has 0 unspecified atom stereocenters. The summed E-state index contributed by atoms with van der Waals surface area (Å²) in [7, 11) is 0. The van der Waals surface area contributed by atoms with Gasteiger partial charge in [-0.05, 0) is 53.6 Å².